The molecule has 0 atom stereocenters. The molecule has 110 valence electrons. The maximum atomic E-state index is 12.1. The minimum atomic E-state index is -0.513. The Labute approximate surface area is 127 Å². The minimum absolute atomic E-state index is 0.0388. The number of nitro benzene ring substituents is 1. The van der Waals surface area contributed by atoms with Crippen molar-refractivity contribution in [2.45, 2.75) is 27.7 Å². The normalized spacial score (nSPS) is 11.5. The fourth-order valence-electron chi connectivity index (χ4n) is 1.41. The standard InChI is InChI=1S/C14H19BrN2O3/c1-9(2)14(3,4)8-16-13(18)11-7-10(17(19)20)5-6-12(11)15/h5-7,9H,8H2,1-4H3,(H,16,18). The molecule has 0 heterocycles. The minimum Gasteiger partial charge on any atom is -0.351 e. The number of hydrogen-bond donors (Lipinski definition) is 1. The number of carbonyl (C=O) groups excluding carboxylic acids is 1. The number of nitro groups is 1. The zero-order valence-corrected chi connectivity index (χ0v) is 13.7. The number of halogens is 1. The molecule has 0 aliphatic heterocycles. The second-order valence-electron chi connectivity index (χ2n) is 5.75. The smallest absolute Gasteiger partial charge is 0.270 e. The average Bonchev–Trinajstić information content (AvgIpc) is 2.36. The lowest BCUT2D eigenvalue weighted by Gasteiger charge is -2.29. The number of benzene rings is 1. The van der Waals surface area contributed by atoms with Crippen molar-refractivity contribution in [3.63, 3.8) is 0 Å². The average molecular weight is 343 g/mol. The van der Waals surface area contributed by atoms with Gasteiger partial charge in [-0.25, -0.2) is 0 Å². The molecule has 1 N–H and O–H groups in total. The highest BCUT2D eigenvalue weighted by Gasteiger charge is 2.24. The third-order valence-electron chi connectivity index (χ3n) is 3.67. The van der Waals surface area contributed by atoms with E-state index in [2.05, 4.69) is 48.9 Å². The maximum Gasteiger partial charge on any atom is 0.270 e. The Hall–Kier alpha value is -1.43. The van der Waals surface area contributed by atoms with Gasteiger partial charge in [0.15, 0.2) is 0 Å². The van der Waals surface area contributed by atoms with Crippen molar-refractivity contribution >= 4 is 27.5 Å². The summed E-state index contributed by atoms with van der Waals surface area (Å²) in [5, 5.41) is 13.6. The van der Waals surface area contributed by atoms with Crippen LogP contribution in [-0.4, -0.2) is 17.4 Å². The number of non-ortho nitro benzene ring substituents is 1. The van der Waals surface area contributed by atoms with Gasteiger partial charge in [-0.3, -0.25) is 14.9 Å². The SMILES string of the molecule is CC(C)C(C)(C)CNC(=O)c1cc([N+](=O)[O-])ccc1Br. The molecule has 0 spiro atoms. The molecule has 20 heavy (non-hydrogen) atoms. The summed E-state index contributed by atoms with van der Waals surface area (Å²) in [6.45, 7) is 8.84. The predicted molar refractivity (Wildman–Crippen MR) is 81.7 cm³/mol. The van der Waals surface area contributed by atoms with Crippen molar-refractivity contribution in [2.24, 2.45) is 11.3 Å². The van der Waals surface area contributed by atoms with E-state index in [4.69, 9.17) is 0 Å². The van der Waals surface area contributed by atoms with Crippen LogP contribution in [0.4, 0.5) is 5.69 Å². The summed E-state index contributed by atoms with van der Waals surface area (Å²) in [6, 6.07) is 4.15. The first kappa shape index (κ1) is 16.6. The van der Waals surface area contributed by atoms with E-state index in [1.54, 1.807) is 0 Å². The van der Waals surface area contributed by atoms with Gasteiger partial charge in [0.2, 0.25) is 0 Å². The van der Waals surface area contributed by atoms with Gasteiger partial charge in [-0.15, -0.1) is 0 Å². The van der Waals surface area contributed by atoms with E-state index in [9.17, 15) is 14.9 Å². The molecule has 0 unspecified atom stereocenters. The van der Waals surface area contributed by atoms with Crippen molar-refractivity contribution in [3.05, 3.63) is 38.3 Å². The lowest BCUT2D eigenvalue weighted by Crippen LogP contribution is -2.37. The molecule has 1 aromatic rings. The Morgan fingerprint density at radius 1 is 1.45 bits per heavy atom. The largest absolute Gasteiger partial charge is 0.351 e. The van der Waals surface area contributed by atoms with E-state index in [1.807, 2.05) is 0 Å². The second kappa shape index (κ2) is 6.35. The second-order valence-corrected chi connectivity index (χ2v) is 6.60. The molecule has 1 amide bonds. The molecule has 0 bridgehead atoms. The summed E-state index contributed by atoms with van der Waals surface area (Å²) in [5.41, 5.74) is 0.142. The lowest BCUT2D eigenvalue weighted by molar-refractivity contribution is -0.384. The molecule has 0 aliphatic rings. The highest BCUT2D eigenvalue weighted by Crippen LogP contribution is 2.26. The summed E-state index contributed by atoms with van der Waals surface area (Å²) in [4.78, 5) is 22.4. The van der Waals surface area contributed by atoms with Gasteiger partial charge >= 0.3 is 0 Å². The molecule has 5 nitrogen and oxygen atoms in total. The van der Waals surface area contributed by atoms with Gasteiger partial charge in [-0.1, -0.05) is 27.7 Å². The van der Waals surface area contributed by atoms with Crippen molar-refractivity contribution in [2.75, 3.05) is 6.54 Å². The molecular weight excluding hydrogens is 324 g/mol. The van der Waals surface area contributed by atoms with Gasteiger partial charge < -0.3 is 5.32 Å². The Morgan fingerprint density at radius 2 is 2.05 bits per heavy atom. The van der Waals surface area contributed by atoms with Crippen LogP contribution in [0.3, 0.4) is 0 Å². The summed E-state index contributed by atoms with van der Waals surface area (Å²) in [5.74, 6) is 0.102. The van der Waals surface area contributed by atoms with Crippen LogP contribution in [0.5, 0.6) is 0 Å². The first-order valence-corrected chi connectivity index (χ1v) is 7.16. The lowest BCUT2D eigenvalue weighted by atomic mass is 9.81. The van der Waals surface area contributed by atoms with Crippen LogP contribution in [0.25, 0.3) is 0 Å². The van der Waals surface area contributed by atoms with Crippen LogP contribution in [0.1, 0.15) is 38.1 Å². The summed E-state index contributed by atoms with van der Waals surface area (Å²) in [7, 11) is 0. The molecule has 0 radical (unpaired) electrons. The van der Waals surface area contributed by atoms with Crippen LogP contribution in [0.2, 0.25) is 0 Å². The summed E-state index contributed by atoms with van der Waals surface area (Å²) < 4.78 is 0.544. The third kappa shape index (κ3) is 4.03. The van der Waals surface area contributed by atoms with Crippen LogP contribution in [0.15, 0.2) is 22.7 Å². The van der Waals surface area contributed by atoms with Crippen LogP contribution < -0.4 is 5.32 Å². The summed E-state index contributed by atoms with van der Waals surface area (Å²) in [6.07, 6.45) is 0. The zero-order chi connectivity index (χ0) is 15.5. The van der Waals surface area contributed by atoms with E-state index >= 15 is 0 Å². The molecule has 0 saturated carbocycles. The predicted octanol–water partition coefficient (Wildman–Crippen LogP) is 3.77. The van der Waals surface area contributed by atoms with Crippen molar-refractivity contribution < 1.29 is 9.72 Å². The number of nitrogens with zero attached hydrogens (tertiary/aromatic N) is 1. The monoisotopic (exact) mass is 342 g/mol. The third-order valence-corrected chi connectivity index (χ3v) is 4.36. The Morgan fingerprint density at radius 3 is 2.55 bits per heavy atom. The Balaban J connectivity index is 2.88. The Kier molecular flexibility index (Phi) is 5.28. The maximum absolute atomic E-state index is 12.1. The van der Waals surface area contributed by atoms with E-state index < -0.39 is 4.92 Å². The van der Waals surface area contributed by atoms with Crippen molar-refractivity contribution in [1.29, 1.82) is 0 Å². The molecule has 0 fully saturated rings. The van der Waals surface area contributed by atoms with Gasteiger partial charge in [0.25, 0.3) is 11.6 Å². The topological polar surface area (TPSA) is 72.2 Å². The van der Waals surface area contributed by atoms with Crippen LogP contribution in [-0.2, 0) is 0 Å². The number of rotatable bonds is 5. The van der Waals surface area contributed by atoms with Gasteiger partial charge in [0.05, 0.1) is 10.5 Å². The van der Waals surface area contributed by atoms with E-state index in [-0.39, 0.29) is 22.6 Å². The van der Waals surface area contributed by atoms with Crippen LogP contribution in [0, 0.1) is 21.4 Å². The fourth-order valence-corrected chi connectivity index (χ4v) is 1.83. The fraction of sp³-hybridized carbons (Fsp3) is 0.500. The van der Waals surface area contributed by atoms with Crippen molar-refractivity contribution in [3.8, 4) is 0 Å². The molecule has 1 aromatic carbocycles. The molecule has 0 aliphatic carbocycles. The van der Waals surface area contributed by atoms with E-state index in [1.165, 1.54) is 18.2 Å². The summed E-state index contributed by atoms with van der Waals surface area (Å²) >= 11 is 3.25. The highest BCUT2D eigenvalue weighted by molar-refractivity contribution is 9.10. The van der Waals surface area contributed by atoms with Gasteiger partial charge in [-0.2, -0.15) is 0 Å². The number of nitrogens with one attached hydrogen (secondary N) is 1. The molecule has 0 aromatic heterocycles. The Bertz CT molecular complexity index is 527. The first-order chi connectivity index (χ1) is 9.15. The van der Waals surface area contributed by atoms with Crippen molar-refractivity contribution in [1.82, 2.24) is 5.32 Å². The first-order valence-electron chi connectivity index (χ1n) is 6.37. The quantitative estimate of drug-likeness (QED) is 0.653. The van der Waals surface area contributed by atoms with Crippen LogP contribution >= 0.6 is 15.9 Å². The molecule has 1 rings (SSSR count). The highest BCUT2D eigenvalue weighted by atomic mass is 79.9. The van der Waals surface area contributed by atoms with Gasteiger partial charge in [0, 0.05) is 23.2 Å². The van der Waals surface area contributed by atoms with E-state index in [0.717, 1.165) is 0 Å². The molecular formula is C14H19BrN2O3. The van der Waals surface area contributed by atoms with Gasteiger partial charge in [0.1, 0.15) is 0 Å². The number of carbonyl (C=O) groups is 1. The van der Waals surface area contributed by atoms with Gasteiger partial charge in [-0.05, 0) is 33.3 Å². The molecule has 6 heteroatoms. The number of hydrogen-bond acceptors (Lipinski definition) is 3. The van der Waals surface area contributed by atoms with E-state index in [0.29, 0.717) is 16.9 Å². The number of amides is 1. The zero-order valence-electron chi connectivity index (χ0n) is 12.1. The molecule has 0 saturated heterocycles.